The summed E-state index contributed by atoms with van der Waals surface area (Å²) in [6, 6.07) is 4.39. The lowest BCUT2D eigenvalue weighted by Gasteiger charge is -2.17. The molecule has 1 aromatic rings. The summed E-state index contributed by atoms with van der Waals surface area (Å²) in [4.78, 5) is 23.0. The minimum Gasteiger partial charge on any atom is -0.355 e. The van der Waals surface area contributed by atoms with Crippen molar-refractivity contribution in [1.29, 1.82) is 0 Å². The number of amides is 2. The first-order valence-electron chi connectivity index (χ1n) is 7.65. The average molecular weight is 395 g/mol. The number of benzene rings is 1. The molecule has 0 radical (unpaired) electrons. The second-order valence-corrected chi connectivity index (χ2v) is 7.48. The van der Waals surface area contributed by atoms with Crippen LogP contribution in [0.2, 0.25) is 0 Å². The van der Waals surface area contributed by atoms with Gasteiger partial charge in [-0.3, -0.25) is 9.59 Å². The van der Waals surface area contributed by atoms with E-state index < -0.39 is 34.6 Å². The van der Waals surface area contributed by atoms with Crippen LogP contribution in [-0.4, -0.2) is 57.4 Å². The molecule has 11 heteroatoms. The van der Waals surface area contributed by atoms with Gasteiger partial charge in [0.1, 0.15) is 6.54 Å². The molecule has 0 aliphatic heterocycles. The summed E-state index contributed by atoms with van der Waals surface area (Å²) in [7, 11) is -2.75. The van der Waals surface area contributed by atoms with Crippen LogP contribution >= 0.6 is 0 Å². The third kappa shape index (κ3) is 6.64. The number of halogens is 3. The fourth-order valence-electron chi connectivity index (χ4n) is 1.85. The Morgan fingerprint density at radius 1 is 1.12 bits per heavy atom. The number of nitrogens with zero attached hydrogens (tertiary/aromatic N) is 1. The molecule has 2 amide bonds. The van der Waals surface area contributed by atoms with E-state index in [1.807, 2.05) is 6.92 Å². The Bertz CT molecular complexity index is 733. The molecule has 1 rings (SSSR count). The fraction of sp³-hybridized carbons (Fsp3) is 0.467. The zero-order valence-corrected chi connectivity index (χ0v) is 15.1. The van der Waals surface area contributed by atoms with Gasteiger partial charge in [-0.15, -0.1) is 0 Å². The van der Waals surface area contributed by atoms with Crippen molar-refractivity contribution in [3.63, 3.8) is 0 Å². The normalized spacial score (nSPS) is 12.1. The first-order valence-corrected chi connectivity index (χ1v) is 9.09. The van der Waals surface area contributed by atoms with Crippen LogP contribution in [0.25, 0.3) is 0 Å². The van der Waals surface area contributed by atoms with E-state index >= 15 is 0 Å². The van der Waals surface area contributed by atoms with Crippen LogP contribution in [0.15, 0.2) is 29.2 Å². The van der Waals surface area contributed by atoms with E-state index in [9.17, 15) is 31.2 Å². The molecule has 26 heavy (non-hydrogen) atoms. The van der Waals surface area contributed by atoms with Gasteiger partial charge in [-0.05, 0) is 30.7 Å². The number of hydrogen-bond acceptors (Lipinski definition) is 4. The average Bonchev–Trinajstić information content (AvgIpc) is 2.57. The molecular weight excluding hydrogens is 375 g/mol. The van der Waals surface area contributed by atoms with Gasteiger partial charge in [0.2, 0.25) is 15.9 Å². The van der Waals surface area contributed by atoms with Crippen LogP contribution in [0.3, 0.4) is 0 Å². The molecule has 0 saturated heterocycles. The Kier molecular flexibility index (Phi) is 7.57. The Morgan fingerprint density at radius 3 is 2.19 bits per heavy atom. The van der Waals surface area contributed by atoms with E-state index in [4.69, 9.17) is 0 Å². The van der Waals surface area contributed by atoms with Gasteiger partial charge in [0, 0.05) is 19.2 Å². The van der Waals surface area contributed by atoms with Crippen molar-refractivity contribution in [2.45, 2.75) is 24.4 Å². The minimum absolute atomic E-state index is 0.114. The molecule has 0 bridgehead atoms. The summed E-state index contributed by atoms with van der Waals surface area (Å²) in [5.74, 6) is -1.43. The lowest BCUT2D eigenvalue weighted by molar-refractivity contribution is -0.123. The van der Waals surface area contributed by atoms with Crippen molar-refractivity contribution >= 4 is 21.8 Å². The smallest absolute Gasteiger partial charge is 0.355 e. The number of hydrogen-bond donors (Lipinski definition) is 2. The highest BCUT2D eigenvalue weighted by molar-refractivity contribution is 7.89. The standard InChI is InChI=1S/C15H20F3N3O4S/c1-3-8-19-13(22)9-21(2)26(24,25)12-6-4-11(5-7-12)14(23)20-10-15(16,17)18/h4-7H,3,8-10H2,1-2H3,(H,19,22)(H,20,23). The van der Waals surface area contributed by atoms with Crippen molar-refractivity contribution in [2.75, 3.05) is 26.7 Å². The summed E-state index contributed by atoms with van der Waals surface area (Å²) in [6.45, 7) is 0.416. The molecule has 1 aromatic carbocycles. The second-order valence-electron chi connectivity index (χ2n) is 5.43. The molecule has 0 aromatic heterocycles. The van der Waals surface area contributed by atoms with Crippen molar-refractivity contribution in [2.24, 2.45) is 0 Å². The predicted molar refractivity (Wildman–Crippen MR) is 87.9 cm³/mol. The van der Waals surface area contributed by atoms with Crippen LogP contribution in [-0.2, 0) is 14.8 Å². The number of carbonyl (C=O) groups excluding carboxylic acids is 2. The molecule has 0 aliphatic rings. The van der Waals surface area contributed by atoms with E-state index in [2.05, 4.69) is 5.32 Å². The lowest BCUT2D eigenvalue weighted by Crippen LogP contribution is -2.38. The van der Waals surface area contributed by atoms with Gasteiger partial charge in [0.25, 0.3) is 5.91 Å². The van der Waals surface area contributed by atoms with Gasteiger partial charge in [-0.1, -0.05) is 6.92 Å². The highest BCUT2D eigenvalue weighted by Crippen LogP contribution is 2.16. The Morgan fingerprint density at radius 2 is 1.69 bits per heavy atom. The quantitative estimate of drug-likeness (QED) is 0.690. The summed E-state index contributed by atoms with van der Waals surface area (Å²) in [5.41, 5.74) is -0.114. The van der Waals surface area contributed by atoms with Gasteiger partial charge in [-0.25, -0.2) is 8.42 Å². The first kappa shape index (κ1) is 21.9. The van der Waals surface area contributed by atoms with Gasteiger partial charge < -0.3 is 10.6 Å². The summed E-state index contributed by atoms with van der Waals surface area (Å²) < 4.78 is 61.9. The third-order valence-corrected chi connectivity index (χ3v) is 5.03. The molecule has 2 N–H and O–H groups in total. The van der Waals surface area contributed by atoms with Crippen LogP contribution in [0.5, 0.6) is 0 Å². The number of alkyl halides is 3. The fourth-order valence-corrected chi connectivity index (χ4v) is 2.98. The molecule has 0 fully saturated rings. The van der Waals surface area contributed by atoms with Crippen molar-refractivity contribution in [3.05, 3.63) is 29.8 Å². The van der Waals surface area contributed by atoms with E-state index in [0.717, 1.165) is 28.6 Å². The number of nitrogens with one attached hydrogen (secondary N) is 2. The van der Waals surface area contributed by atoms with Gasteiger partial charge >= 0.3 is 6.18 Å². The maximum absolute atomic E-state index is 12.4. The molecule has 146 valence electrons. The number of rotatable bonds is 8. The van der Waals surface area contributed by atoms with E-state index in [1.54, 1.807) is 5.32 Å². The Hall–Kier alpha value is -2.14. The molecule has 0 spiro atoms. The molecule has 0 saturated carbocycles. The number of carbonyl (C=O) groups is 2. The largest absolute Gasteiger partial charge is 0.405 e. The monoisotopic (exact) mass is 395 g/mol. The zero-order chi connectivity index (χ0) is 20.0. The Labute approximate surface area is 149 Å². The third-order valence-electron chi connectivity index (χ3n) is 3.21. The first-order chi connectivity index (χ1) is 12.0. The molecule has 0 aliphatic carbocycles. The number of likely N-dealkylation sites (N-methyl/N-ethyl adjacent to an activating group) is 1. The summed E-state index contributed by atoms with van der Waals surface area (Å²) >= 11 is 0. The van der Waals surface area contributed by atoms with Crippen LogP contribution in [0, 0.1) is 0 Å². The van der Waals surface area contributed by atoms with E-state index in [-0.39, 0.29) is 17.0 Å². The molecule has 0 unspecified atom stereocenters. The lowest BCUT2D eigenvalue weighted by atomic mass is 10.2. The van der Waals surface area contributed by atoms with E-state index in [0.29, 0.717) is 13.0 Å². The molecule has 7 nitrogen and oxygen atoms in total. The van der Waals surface area contributed by atoms with Crippen LogP contribution < -0.4 is 10.6 Å². The number of sulfonamides is 1. The topological polar surface area (TPSA) is 95.6 Å². The maximum atomic E-state index is 12.4. The van der Waals surface area contributed by atoms with E-state index in [1.165, 1.54) is 7.05 Å². The van der Waals surface area contributed by atoms with Crippen molar-refractivity contribution in [1.82, 2.24) is 14.9 Å². The highest BCUT2D eigenvalue weighted by atomic mass is 32.2. The van der Waals surface area contributed by atoms with Crippen molar-refractivity contribution < 1.29 is 31.2 Å². The van der Waals surface area contributed by atoms with Crippen LogP contribution in [0.1, 0.15) is 23.7 Å². The summed E-state index contributed by atoms with van der Waals surface area (Å²) in [5, 5.41) is 4.24. The highest BCUT2D eigenvalue weighted by Gasteiger charge is 2.28. The SMILES string of the molecule is CCCNC(=O)CN(C)S(=O)(=O)c1ccc(C(=O)NCC(F)(F)F)cc1. The predicted octanol–water partition coefficient (Wildman–Crippen LogP) is 1.13. The maximum Gasteiger partial charge on any atom is 0.405 e. The van der Waals surface area contributed by atoms with Gasteiger partial charge in [0.05, 0.1) is 11.4 Å². The Balaban J connectivity index is 2.79. The minimum atomic E-state index is -4.54. The van der Waals surface area contributed by atoms with Crippen molar-refractivity contribution in [3.8, 4) is 0 Å². The van der Waals surface area contributed by atoms with Gasteiger partial charge in [0.15, 0.2) is 0 Å². The second kappa shape index (κ2) is 8.99. The van der Waals surface area contributed by atoms with Crippen LogP contribution in [0.4, 0.5) is 13.2 Å². The molecule has 0 heterocycles. The van der Waals surface area contributed by atoms with Gasteiger partial charge in [-0.2, -0.15) is 17.5 Å². The summed E-state index contributed by atoms with van der Waals surface area (Å²) in [6.07, 6.45) is -3.83. The zero-order valence-electron chi connectivity index (χ0n) is 14.3. The molecule has 0 atom stereocenters. The molecular formula is C15H20F3N3O4S.